The summed E-state index contributed by atoms with van der Waals surface area (Å²) in [5.41, 5.74) is 0.380. The molecule has 0 saturated heterocycles. The van der Waals surface area contributed by atoms with E-state index >= 15 is 0 Å². The lowest BCUT2D eigenvalue weighted by atomic mass is 10.2. The van der Waals surface area contributed by atoms with Crippen LogP contribution in [0.15, 0.2) is 12.2 Å². The van der Waals surface area contributed by atoms with E-state index in [0.717, 1.165) is 0 Å². The second kappa shape index (κ2) is 7.16. The van der Waals surface area contributed by atoms with Gasteiger partial charge in [-0.05, 0) is 12.5 Å². The zero-order chi connectivity index (χ0) is 14.4. The van der Waals surface area contributed by atoms with Crippen LogP contribution >= 0.6 is 7.82 Å². The molecule has 0 aromatic rings. The first kappa shape index (κ1) is 17.5. The topological polar surface area (TPSA) is 75.7 Å². The highest BCUT2D eigenvalue weighted by molar-refractivity contribution is 7.45. The Morgan fingerprint density at radius 3 is 2.22 bits per heavy atom. The van der Waals surface area contributed by atoms with Crippen LogP contribution in [-0.4, -0.2) is 51.2 Å². The van der Waals surface area contributed by atoms with Crippen molar-refractivity contribution < 1.29 is 27.8 Å². The van der Waals surface area contributed by atoms with E-state index in [-0.39, 0.29) is 25.4 Å². The second-order valence-electron chi connectivity index (χ2n) is 5.08. The number of nitrogens with zero attached hydrogens (tertiary/aromatic N) is 1. The number of phosphoric acid groups is 1. The first-order valence-electron chi connectivity index (χ1n) is 5.63. The normalized spacial score (nSPS) is 15.2. The number of hydrogen-bond donors (Lipinski definition) is 0. The maximum Gasteiger partial charge on any atom is 0.268 e. The van der Waals surface area contributed by atoms with Crippen LogP contribution < -0.4 is 4.89 Å². The van der Waals surface area contributed by atoms with Gasteiger partial charge in [-0.15, -0.1) is 0 Å². The molecule has 1 atom stereocenters. The number of likely N-dealkylation sites (N-methyl/N-ethyl adjacent to an activating group) is 1. The molecule has 0 spiro atoms. The molecule has 0 aromatic heterocycles. The minimum absolute atomic E-state index is 0.0136. The van der Waals surface area contributed by atoms with E-state index in [1.54, 1.807) is 6.92 Å². The first-order chi connectivity index (χ1) is 8.03. The lowest BCUT2D eigenvalue weighted by Crippen LogP contribution is -2.37. The molecule has 0 N–H and O–H groups in total. The van der Waals surface area contributed by atoms with Crippen molar-refractivity contribution in [3.8, 4) is 0 Å². The Hall–Kier alpha value is -0.520. The van der Waals surface area contributed by atoms with Crippen LogP contribution in [0.3, 0.4) is 0 Å². The van der Waals surface area contributed by atoms with Gasteiger partial charge in [0.25, 0.3) is 7.82 Å². The van der Waals surface area contributed by atoms with E-state index in [9.17, 15) is 14.3 Å². The van der Waals surface area contributed by atoms with Gasteiger partial charge in [-0.2, -0.15) is 0 Å². The highest BCUT2D eigenvalue weighted by Gasteiger charge is 2.14. The molecule has 0 fully saturated rings. The molecule has 106 valence electrons. The van der Waals surface area contributed by atoms with E-state index in [1.165, 1.54) is 0 Å². The molecular formula is C11H22NO5P. The van der Waals surface area contributed by atoms with E-state index in [2.05, 4.69) is 15.6 Å². The number of carbonyl (C=O) groups excluding carboxylic acids is 1. The number of phosphoric ester groups is 1. The minimum atomic E-state index is -4.31. The summed E-state index contributed by atoms with van der Waals surface area (Å²) >= 11 is 0. The summed E-state index contributed by atoms with van der Waals surface area (Å²) in [6, 6.07) is 0. The smallest absolute Gasteiger partial charge is 0.268 e. The molecule has 0 rings (SSSR count). The summed E-state index contributed by atoms with van der Waals surface area (Å²) in [5, 5.41) is 0. The van der Waals surface area contributed by atoms with Crippen LogP contribution in [0.25, 0.3) is 0 Å². The molecule has 0 aromatic carbocycles. The fourth-order valence-corrected chi connectivity index (χ4v) is 1.62. The van der Waals surface area contributed by atoms with Crippen LogP contribution in [-0.2, 0) is 18.4 Å². The zero-order valence-electron chi connectivity index (χ0n) is 11.5. The molecule has 0 bridgehead atoms. The lowest BCUT2D eigenvalue weighted by Gasteiger charge is -2.27. The fraction of sp³-hybridized carbons (Fsp3) is 0.727. The van der Waals surface area contributed by atoms with E-state index < -0.39 is 7.82 Å². The third-order valence-corrected chi connectivity index (χ3v) is 3.06. The fourth-order valence-electron chi connectivity index (χ4n) is 0.927. The number of rotatable bonds is 9. The minimum Gasteiger partial charge on any atom is -0.756 e. The summed E-state index contributed by atoms with van der Waals surface area (Å²) in [4.78, 5) is 22.5. The van der Waals surface area contributed by atoms with Crippen molar-refractivity contribution in [1.82, 2.24) is 0 Å². The van der Waals surface area contributed by atoms with Gasteiger partial charge in [-0.25, -0.2) is 0 Å². The molecule has 0 radical (unpaired) electrons. The number of ketones is 1. The van der Waals surface area contributed by atoms with Crippen molar-refractivity contribution in [2.75, 3.05) is 40.9 Å². The lowest BCUT2D eigenvalue weighted by molar-refractivity contribution is -0.870. The summed E-state index contributed by atoms with van der Waals surface area (Å²) in [6.45, 7) is 5.41. The van der Waals surface area contributed by atoms with Gasteiger partial charge in [0, 0.05) is 6.42 Å². The number of carbonyl (C=O) groups is 1. The van der Waals surface area contributed by atoms with Crippen molar-refractivity contribution in [1.29, 1.82) is 0 Å². The maximum absolute atomic E-state index is 11.3. The first-order valence-corrected chi connectivity index (χ1v) is 7.09. The molecule has 0 heterocycles. The Morgan fingerprint density at radius 2 is 1.78 bits per heavy atom. The van der Waals surface area contributed by atoms with Gasteiger partial charge < -0.3 is 18.4 Å². The average Bonchev–Trinajstić information content (AvgIpc) is 2.14. The third-order valence-electron chi connectivity index (χ3n) is 2.07. The van der Waals surface area contributed by atoms with Crippen LogP contribution in [0, 0.1) is 0 Å². The predicted molar refractivity (Wildman–Crippen MR) is 66.8 cm³/mol. The van der Waals surface area contributed by atoms with Crippen molar-refractivity contribution in [2.45, 2.75) is 13.3 Å². The highest BCUT2D eigenvalue weighted by Crippen LogP contribution is 2.38. The van der Waals surface area contributed by atoms with Crippen LogP contribution in [0.2, 0.25) is 0 Å². The third kappa shape index (κ3) is 9.50. The molecule has 6 nitrogen and oxygen atoms in total. The molecule has 0 amide bonds. The van der Waals surface area contributed by atoms with Gasteiger partial charge in [-0.3, -0.25) is 9.36 Å². The van der Waals surface area contributed by atoms with Gasteiger partial charge in [0.15, 0.2) is 5.78 Å². The second-order valence-corrected chi connectivity index (χ2v) is 6.49. The van der Waals surface area contributed by atoms with E-state index in [4.69, 9.17) is 0 Å². The van der Waals surface area contributed by atoms with Crippen LogP contribution in [0.5, 0.6) is 0 Å². The summed E-state index contributed by atoms with van der Waals surface area (Å²) in [7, 11) is 1.46. The Labute approximate surface area is 108 Å². The molecule has 0 aliphatic heterocycles. The molecule has 0 aliphatic rings. The Morgan fingerprint density at radius 1 is 1.28 bits per heavy atom. The standard InChI is InChI=1S/C11H22NO5P/c1-10(2)11(13)6-8-16-18(14,15)17-9-7-12(3,4)5/h1,6-9H2,2-5H3. The van der Waals surface area contributed by atoms with Crippen molar-refractivity contribution >= 4 is 13.6 Å². The quantitative estimate of drug-likeness (QED) is 0.353. The Balaban J connectivity index is 3.91. The van der Waals surface area contributed by atoms with Gasteiger partial charge in [0.1, 0.15) is 13.2 Å². The predicted octanol–water partition coefficient (Wildman–Crippen LogP) is 0.729. The summed E-state index contributed by atoms with van der Waals surface area (Å²) in [5.74, 6) is -0.221. The summed E-state index contributed by atoms with van der Waals surface area (Å²) < 4.78 is 21.2. The van der Waals surface area contributed by atoms with Crippen molar-refractivity contribution in [3.63, 3.8) is 0 Å². The van der Waals surface area contributed by atoms with Crippen molar-refractivity contribution in [2.24, 2.45) is 0 Å². The van der Waals surface area contributed by atoms with Gasteiger partial charge in [0.2, 0.25) is 0 Å². The van der Waals surface area contributed by atoms with Crippen LogP contribution in [0.4, 0.5) is 0 Å². The Kier molecular flexibility index (Phi) is 6.96. The SMILES string of the molecule is C=C(C)C(=O)CCOP(=O)([O-])OCC[N+](C)(C)C. The van der Waals surface area contributed by atoms with Gasteiger partial charge in [-0.1, -0.05) is 6.58 Å². The van der Waals surface area contributed by atoms with Gasteiger partial charge >= 0.3 is 0 Å². The molecule has 0 aliphatic carbocycles. The van der Waals surface area contributed by atoms with Gasteiger partial charge in [0.05, 0.1) is 27.7 Å². The number of quaternary nitrogens is 1. The maximum atomic E-state index is 11.3. The molecule has 1 unspecified atom stereocenters. The molecular weight excluding hydrogens is 257 g/mol. The molecule has 18 heavy (non-hydrogen) atoms. The van der Waals surface area contributed by atoms with Crippen molar-refractivity contribution in [3.05, 3.63) is 12.2 Å². The number of allylic oxidation sites excluding steroid dienone is 1. The number of hydrogen-bond acceptors (Lipinski definition) is 5. The monoisotopic (exact) mass is 279 g/mol. The van der Waals surface area contributed by atoms with E-state index in [0.29, 0.717) is 16.6 Å². The largest absolute Gasteiger partial charge is 0.756 e. The van der Waals surface area contributed by atoms with Crippen LogP contribution in [0.1, 0.15) is 13.3 Å². The molecule has 7 heteroatoms. The number of Topliss-reactive ketones (excluding diaryl/α,β-unsaturated/α-hetero) is 1. The highest BCUT2D eigenvalue weighted by atomic mass is 31.2. The molecule has 0 saturated carbocycles. The average molecular weight is 279 g/mol. The van der Waals surface area contributed by atoms with E-state index in [1.807, 2.05) is 21.1 Å². The zero-order valence-corrected chi connectivity index (χ0v) is 12.4. The Bertz CT molecular complexity index is 348. The summed E-state index contributed by atoms with van der Waals surface area (Å²) in [6.07, 6.45) is -0.0136.